The minimum atomic E-state index is -0.522. The normalized spacial score (nSPS) is 14.8. The highest BCUT2D eigenvalue weighted by molar-refractivity contribution is 5.91. The summed E-state index contributed by atoms with van der Waals surface area (Å²) in [4.78, 5) is 12.7. The molecule has 0 bridgehead atoms. The maximum Gasteiger partial charge on any atom is 0.343 e. The van der Waals surface area contributed by atoms with Crippen LogP contribution in [0.3, 0.4) is 0 Å². The summed E-state index contributed by atoms with van der Waals surface area (Å²) in [6.45, 7) is 4.50. The maximum absolute atomic E-state index is 12.7. The predicted octanol–water partition coefficient (Wildman–Crippen LogP) is 5.20. The van der Waals surface area contributed by atoms with E-state index in [4.69, 9.17) is 24.4 Å². The van der Waals surface area contributed by atoms with Crippen LogP contribution in [0.5, 0.6) is 17.2 Å². The molecule has 2 aromatic carbocycles. The quantitative estimate of drug-likeness (QED) is 0.303. The number of hydrogen-bond donors (Lipinski definition) is 1. The van der Waals surface area contributed by atoms with E-state index in [1.165, 1.54) is 0 Å². The predicted molar refractivity (Wildman–Crippen MR) is 121 cm³/mol. The molecule has 7 heteroatoms. The average molecular weight is 444 g/mol. The van der Waals surface area contributed by atoms with E-state index in [0.717, 1.165) is 18.6 Å². The van der Waals surface area contributed by atoms with Crippen molar-refractivity contribution in [2.75, 3.05) is 6.61 Å². The van der Waals surface area contributed by atoms with Crippen LogP contribution in [0.15, 0.2) is 70.5 Å². The summed E-state index contributed by atoms with van der Waals surface area (Å²) < 4.78 is 22.7. The van der Waals surface area contributed by atoms with Crippen LogP contribution in [0.1, 0.15) is 53.1 Å². The van der Waals surface area contributed by atoms with Crippen LogP contribution in [0.25, 0.3) is 0 Å². The van der Waals surface area contributed by atoms with Crippen LogP contribution in [0.2, 0.25) is 0 Å². The highest BCUT2D eigenvalue weighted by Gasteiger charge is 2.33. The summed E-state index contributed by atoms with van der Waals surface area (Å²) in [5, 5.41) is 9.63. The van der Waals surface area contributed by atoms with Crippen molar-refractivity contribution in [1.29, 1.82) is 5.26 Å². The molecule has 0 amide bonds. The van der Waals surface area contributed by atoms with Crippen LogP contribution in [-0.2, 0) is 0 Å². The van der Waals surface area contributed by atoms with Crippen LogP contribution in [0.4, 0.5) is 0 Å². The molecule has 1 aliphatic rings. The van der Waals surface area contributed by atoms with Gasteiger partial charge in [-0.15, -0.1) is 0 Å². The molecule has 1 aliphatic heterocycles. The minimum absolute atomic E-state index is 0.00976. The van der Waals surface area contributed by atoms with Gasteiger partial charge in [-0.05, 0) is 49.7 Å². The van der Waals surface area contributed by atoms with Crippen molar-refractivity contribution in [2.45, 2.75) is 32.6 Å². The second-order valence-corrected chi connectivity index (χ2v) is 7.69. The van der Waals surface area contributed by atoms with Gasteiger partial charge in [0.15, 0.2) is 0 Å². The number of allylic oxidation sites excluding steroid dienone is 1. The molecule has 168 valence electrons. The lowest BCUT2D eigenvalue weighted by Gasteiger charge is -2.25. The largest absolute Gasteiger partial charge is 0.494 e. The molecule has 0 aliphatic carbocycles. The zero-order valence-electron chi connectivity index (χ0n) is 18.5. The number of hydrogen-bond acceptors (Lipinski definition) is 7. The fraction of sp³-hybridized carbons (Fsp3) is 0.231. The van der Waals surface area contributed by atoms with Crippen molar-refractivity contribution in [2.24, 2.45) is 5.73 Å². The summed E-state index contributed by atoms with van der Waals surface area (Å²) in [5.41, 5.74) is 7.35. The third-order valence-corrected chi connectivity index (χ3v) is 5.28. The summed E-state index contributed by atoms with van der Waals surface area (Å²) in [6, 6.07) is 17.6. The van der Waals surface area contributed by atoms with E-state index in [9.17, 15) is 10.1 Å². The van der Waals surface area contributed by atoms with Crippen molar-refractivity contribution < 1.29 is 23.4 Å². The lowest BCUT2D eigenvalue weighted by molar-refractivity contribution is 0.0734. The molecule has 0 saturated heterocycles. The number of furan rings is 1. The zero-order chi connectivity index (χ0) is 23.4. The van der Waals surface area contributed by atoms with Gasteiger partial charge in [0.25, 0.3) is 0 Å². The van der Waals surface area contributed by atoms with Crippen molar-refractivity contribution >= 4 is 5.97 Å². The summed E-state index contributed by atoms with van der Waals surface area (Å²) in [7, 11) is 0. The first-order chi connectivity index (χ1) is 16.0. The fourth-order valence-corrected chi connectivity index (χ4v) is 3.61. The Bertz CT molecular complexity index is 1250. The fourth-order valence-electron chi connectivity index (χ4n) is 3.61. The van der Waals surface area contributed by atoms with Crippen molar-refractivity contribution in [3.8, 4) is 23.3 Å². The van der Waals surface area contributed by atoms with Gasteiger partial charge in [-0.2, -0.15) is 5.26 Å². The first kappa shape index (κ1) is 22.0. The van der Waals surface area contributed by atoms with Gasteiger partial charge in [-0.1, -0.05) is 25.5 Å². The number of rotatable bonds is 7. The van der Waals surface area contributed by atoms with Crippen LogP contribution >= 0.6 is 0 Å². The Morgan fingerprint density at radius 3 is 2.73 bits per heavy atom. The second-order valence-electron chi connectivity index (χ2n) is 7.69. The molecule has 0 spiro atoms. The van der Waals surface area contributed by atoms with E-state index in [-0.39, 0.29) is 11.5 Å². The SMILES string of the molecule is CCCCOc1cccc(C(=O)Oc2ccc3c(c2)OC(N)=C(C#N)C3c2ccc(C)o2)c1. The van der Waals surface area contributed by atoms with Crippen molar-refractivity contribution in [3.05, 3.63) is 88.7 Å². The van der Waals surface area contributed by atoms with E-state index >= 15 is 0 Å². The van der Waals surface area contributed by atoms with Crippen molar-refractivity contribution in [3.63, 3.8) is 0 Å². The van der Waals surface area contributed by atoms with Crippen molar-refractivity contribution in [1.82, 2.24) is 0 Å². The van der Waals surface area contributed by atoms with Gasteiger partial charge in [0.1, 0.15) is 40.4 Å². The van der Waals surface area contributed by atoms with Gasteiger partial charge in [0.2, 0.25) is 5.88 Å². The van der Waals surface area contributed by atoms with Gasteiger partial charge < -0.3 is 24.4 Å². The van der Waals surface area contributed by atoms with E-state index in [1.807, 2.05) is 19.1 Å². The van der Waals surface area contributed by atoms with E-state index in [2.05, 4.69) is 13.0 Å². The maximum atomic E-state index is 12.7. The molecule has 2 heterocycles. The lowest BCUT2D eigenvalue weighted by Crippen LogP contribution is -2.21. The van der Waals surface area contributed by atoms with Gasteiger partial charge in [0.05, 0.1) is 18.1 Å². The average Bonchev–Trinajstić information content (AvgIpc) is 3.24. The summed E-state index contributed by atoms with van der Waals surface area (Å²) >= 11 is 0. The Hall–Kier alpha value is -4.18. The van der Waals surface area contributed by atoms with Crippen LogP contribution in [0, 0.1) is 18.3 Å². The number of esters is 1. The summed E-state index contributed by atoms with van der Waals surface area (Å²) in [5.74, 6) is 1.57. The third-order valence-electron chi connectivity index (χ3n) is 5.28. The van der Waals surface area contributed by atoms with E-state index in [1.54, 1.807) is 42.5 Å². The highest BCUT2D eigenvalue weighted by atomic mass is 16.5. The number of benzene rings is 2. The molecule has 1 unspecified atom stereocenters. The molecule has 4 rings (SSSR count). The first-order valence-electron chi connectivity index (χ1n) is 10.7. The topological polar surface area (TPSA) is 108 Å². The Kier molecular flexibility index (Phi) is 6.36. The Labute approximate surface area is 192 Å². The second kappa shape index (κ2) is 9.53. The van der Waals surface area contributed by atoms with Gasteiger partial charge in [-0.3, -0.25) is 0 Å². The van der Waals surface area contributed by atoms with Crippen LogP contribution < -0.4 is 19.9 Å². The summed E-state index contributed by atoms with van der Waals surface area (Å²) in [6.07, 6.45) is 1.96. The third kappa shape index (κ3) is 4.70. The number of fused-ring (bicyclic) bond motifs is 1. The molecule has 0 radical (unpaired) electrons. The van der Waals surface area contributed by atoms with E-state index < -0.39 is 11.9 Å². The molecule has 2 N–H and O–H groups in total. The zero-order valence-corrected chi connectivity index (χ0v) is 18.5. The molecule has 1 atom stereocenters. The number of carbonyl (C=O) groups excluding carboxylic acids is 1. The number of nitrogens with zero attached hydrogens (tertiary/aromatic N) is 1. The first-order valence-corrected chi connectivity index (χ1v) is 10.7. The molecule has 33 heavy (non-hydrogen) atoms. The number of nitrogens with two attached hydrogens (primary N) is 1. The highest BCUT2D eigenvalue weighted by Crippen LogP contribution is 2.43. The van der Waals surface area contributed by atoms with E-state index in [0.29, 0.717) is 40.7 Å². The molecule has 0 fully saturated rings. The number of nitriles is 1. The molecule has 1 aromatic heterocycles. The van der Waals surface area contributed by atoms with Gasteiger partial charge in [-0.25, -0.2) is 4.79 Å². The smallest absolute Gasteiger partial charge is 0.343 e. The number of unbranched alkanes of at least 4 members (excludes halogenated alkanes) is 1. The Morgan fingerprint density at radius 2 is 2.00 bits per heavy atom. The number of ether oxygens (including phenoxy) is 3. The lowest BCUT2D eigenvalue weighted by atomic mass is 9.87. The molecule has 7 nitrogen and oxygen atoms in total. The minimum Gasteiger partial charge on any atom is -0.494 e. The molecular formula is C26H24N2O5. The molecule has 0 saturated carbocycles. The monoisotopic (exact) mass is 444 g/mol. The Morgan fingerprint density at radius 1 is 1.15 bits per heavy atom. The molecular weight excluding hydrogens is 420 g/mol. The Balaban J connectivity index is 1.57. The van der Waals surface area contributed by atoms with Gasteiger partial charge >= 0.3 is 5.97 Å². The van der Waals surface area contributed by atoms with Crippen LogP contribution in [-0.4, -0.2) is 12.6 Å². The standard InChI is InChI=1S/C26H24N2O5/c1-3-4-12-30-18-7-5-6-17(13-18)26(29)32-19-9-10-20-23(14-19)33-25(28)21(15-27)24(20)22-11-8-16(2)31-22/h5-11,13-14,24H,3-4,12,28H2,1-2H3. The number of aryl methyl sites for hydroxylation is 1. The van der Waals surface area contributed by atoms with Gasteiger partial charge in [0, 0.05) is 11.6 Å². The number of carbonyl (C=O) groups is 1. The molecule has 3 aromatic rings.